The third-order valence-corrected chi connectivity index (χ3v) is 1.96. The number of hydrogen-bond acceptors (Lipinski definition) is 2. The Hall–Kier alpha value is -0.570. The SMILES string of the molecule is CCCNCCOCc1ccccc1.Cl. The molecule has 0 aliphatic rings. The summed E-state index contributed by atoms with van der Waals surface area (Å²) in [6.07, 6.45) is 1.18. The van der Waals surface area contributed by atoms with Crippen LogP contribution in [-0.4, -0.2) is 19.7 Å². The second-order valence-corrected chi connectivity index (χ2v) is 3.29. The zero-order valence-electron chi connectivity index (χ0n) is 9.24. The third kappa shape index (κ3) is 7.37. The third-order valence-electron chi connectivity index (χ3n) is 1.96. The van der Waals surface area contributed by atoms with E-state index in [1.165, 1.54) is 12.0 Å². The summed E-state index contributed by atoms with van der Waals surface area (Å²) in [7, 11) is 0. The summed E-state index contributed by atoms with van der Waals surface area (Å²) in [5, 5.41) is 3.30. The number of benzene rings is 1. The minimum atomic E-state index is 0. The fourth-order valence-electron chi connectivity index (χ4n) is 1.21. The lowest BCUT2D eigenvalue weighted by molar-refractivity contribution is 0.123. The van der Waals surface area contributed by atoms with Crippen molar-refractivity contribution < 1.29 is 4.74 Å². The molecule has 0 aromatic heterocycles. The van der Waals surface area contributed by atoms with E-state index in [0.717, 1.165) is 19.7 Å². The first-order valence-corrected chi connectivity index (χ1v) is 5.26. The highest BCUT2D eigenvalue weighted by Crippen LogP contribution is 1.99. The lowest BCUT2D eigenvalue weighted by atomic mass is 10.2. The quantitative estimate of drug-likeness (QED) is 0.726. The summed E-state index contributed by atoms with van der Waals surface area (Å²) < 4.78 is 5.50. The van der Waals surface area contributed by atoms with E-state index in [-0.39, 0.29) is 12.4 Å². The number of rotatable bonds is 7. The molecule has 0 aliphatic heterocycles. The van der Waals surface area contributed by atoms with Crippen LogP contribution in [0.5, 0.6) is 0 Å². The van der Waals surface area contributed by atoms with Crippen molar-refractivity contribution in [3.8, 4) is 0 Å². The zero-order chi connectivity index (χ0) is 10.1. The summed E-state index contributed by atoms with van der Waals surface area (Å²) in [5.41, 5.74) is 1.24. The molecule has 15 heavy (non-hydrogen) atoms. The minimum absolute atomic E-state index is 0. The van der Waals surface area contributed by atoms with E-state index in [1.807, 2.05) is 18.2 Å². The van der Waals surface area contributed by atoms with Gasteiger partial charge in [0, 0.05) is 6.54 Å². The summed E-state index contributed by atoms with van der Waals surface area (Å²) in [4.78, 5) is 0. The van der Waals surface area contributed by atoms with Crippen molar-refractivity contribution in [2.24, 2.45) is 0 Å². The van der Waals surface area contributed by atoms with Crippen LogP contribution in [0, 0.1) is 0 Å². The van der Waals surface area contributed by atoms with Gasteiger partial charge in [0.1, 0.15) is 0 Å². The molecule has 1 aromatic carbocycles. The maximum atomic E-state index is 5.50. The molecule has 1 aromatic rings. The van der Waals surface area contributed by atoms with E-state index in [0.29, 0.717) is 6.61 Å². The van der Waals surface area contributed by atoms with Gasteiger partial charge in [-0.25, -0.2) is 0 Å². The standard InChI is InChI=1S/C12H19NO.ClH/c1-2-8-13-9-10-14-11-12-6-4-3-5-7-12;/h3-7,13H,2,8-11H2,1H3;1H. The van der Waals surface area contributed by atoms with Crippen LogP contribution >= 0.6 is 12.4 Å². The van der Waals surface area contributed by atoms with Gasteiger partial charge in [-0.3, -0.25) is 0 Å². The van der Waals surface area contributed by atoms with E-state index < -0.39 is 0 Å². The molecule has 3 heteroatoms. The summed E-state index contributed by atoms with van der Waals surface area (Å²) >= 11 is 0. The number of hydrogen-bond donors (Lipinski definition) is 1. The van der Waals surface area contributed by atoms with Gasteiger partial charge in [0.15, 0.2) is 0 Å². The molecule has 0 saturated heterocycles. The van der Waals surface area contributed by atoms with Gasteiger partial charge in [-0.05, 0) is 18.5 Å². The van der Waals surface area contributed by atoms with Gasteiger partial charge in [0.2, 0.25) is 0 Å². The van der Waals surface area contributed by atoms with Crippen LogP contribution in [0.4, 0.5) is 0 Å². The van der Waals surface area contributed by atoms with Crippen molar-refractivity contribution in [3.05, 3.63) is 35.9 Å². The van der Waals surface area contributed by atoms with Gasteiger partial charge in [0.25, 0.3) is 0 Å². The molecule has 0 heterocycles. The average Bonchev–Trinajstić information content (AvgIpc) is 2.25. The molecule has 1 N–H and O–H groups in total. The van der Waals surface area contributed by atoms with Crippen LogP contribution in [0.15, 0.2) is 30.3 Å². The van der Waals surface area contributed by atoms with Crippen molar-refractivity contribution >= 4 is 12.4 Å². The molecular weight excluding hydrogens is 210 g/mol. The fourth-order valence-corrected chi connectivity index (χ4v) is 1.21. The van der Waals surface area contributed by atoms with Crippen LogP contribution in [0.25, 0.3) is 0 Å². The Morgan fingerprint density at radius 3 is 2.53 bits per heavy atom. The molecule has 0 bridgehead atoms. The first-order valence-electron chi connectivity index (χ1n) is 5.26. The molecule has 0 unspecified atom stereocenters. The highest BCUT2D eigenvalue weighted by Gasteiger charge is 1.90. The molecule has 0 radical (unpaired) electrons. The molecule has 0 fully saturated rings. The topological polar surface area (TPSA) is 21.3 Å². The Kier molecular flexibility index (Phi) is 9.59. The molecule has 2 nitrogen and oxygen atoms in total. The molecule has 0 atom stereocenters. The Bertz CT molecular complexity index is 228. The molecule has 0 spiro atoms. The van der Waals surface area contributed by atoms with Crippen molar-refractivity contribution in [1.29, 1.82) is 0 Å². The minimum Gasteiger partial charge on any atom is -0.375 e. The van der Waals surface area contributed by atoms with Gasteiger partial charge in [-0.1, -0.05) is 37.3 Å². The highest BCUT2D eigenvalue weighted by molar-refractivity contribution is 5.85. The molecular formula is C12H20ClNO. The first kappa shape index (κ1) is 14.4. The maximum Gasteiger partial charge on any atom is 0.0717 e. The van der Waals surface area contributed by atoms with Crippen molar-refractivity contribution in [1.82, 2.24) is 5.32 Å². The monoisotopic (exact) mass is 229 g/mol. The van der Waals surface area contributed by atoms with Gasteiger partial charge >= 0.3 is 0 Å². The zero-order valence-corrected chi connectivity index (χ0v) is 10.1. The van der Waals surface area contributed by atoms with E-state index in [1.54, 1.807) is 0 Å². The van der Waals surface area contributed by atoms with Crippen molar-refractivity contribution in [2.45, 2.75) is 20.0 Å². The highest BCUT2D eigenvalue weighted by atomic mass is 35.5. The van der Waals surface area contributed by atoms with Crippen molar-refractivity contribution in [2.75, 3.05) is 19.7 Å². The second-order valence-electron chi connectivity index (χ2n) is 3.29. The molecule has 86 valence electrons. The molecule has 0 amide bonds. The smallest absolute Gasteiger partial charge is 0.0717 e. The summed E-state index contributed by atoms with van der Waals surface area (Å²) in [6.45, 7) is 5.69. The van der Waals surface area contributed by atoms with Crippen LogP contribution in [0.2, 0.25) is 0 Å². The first-order chi connectivity index (χ1) is 6.93. The van der Waals surface area contributed by atoms with Crippen LogP contribution in [-0.2, 0) is 11.3 Å². The van der Waals surface area contributed by atoms with Gasteiger partial charge in [-0.15, -0.1) is 12.4 Å². The van der Waals surface area contributed by atoms with Gasteiger partial charge < -0.3 is 10.1 Å². The lowest BCUT2D eigenvalue weighted by Crippen LogP contribution is -2.20. The summed E-state index contributed by atoms with van der Waals surface area (Å²) in [5.74, 6) is 0. The lowest BCUT2D eigenvalue weighted by Gasteiger charge is -2.04. The molecule has 1 rings (SSSR count). The van der Waals surface area contributed by atoms with E-state index in [4.69, 9.17) is 4.74 Å². The van der Waals surface area contributed by atoms with Crippen LogP contribution in [0.3, 0.4) is 0 Å². The van der Waals surface area contributed by atoms with Crippen LogP contribution in [0.1, 0.15) is 18.9 Å². The molecule has 0 aliphatic carbocycles. The second kappa shape index (κ2) is 9.97. The Balaban J connectivity index is 0.00000196. The van der Waals surface area contributed by atoms with Crippen molar-refractivity contribution in [3.63, 3.8) is 0 Å². The number of halogens is 1. The maximum absolute atomic E-state index is 5.50. The predicted molar refractivity (Wildman–Crippen MR) is 66.5 cm³/mol. The van der Waals surface area contributed by atoms with E-state index in [9.17, 15) is 0 Å². The van der Waals surface area contributed by atoms with E-state index in [2.05, 4.69) is 24.4 Å². The number of ether oxygens (including phenoxy) is 1. The van der Waals surface area contributed by atoms with Gasteiger partial charge in [-0.2, -0.15) is 0 Å². The number of nitrogens with one attached hydrogen (secondary N) is 1. The van der Waals surface area contributed by atoms with Gasteiger partial charge in [0.05, 0.1) is 13.2 Å². The Morgan fingerprint density at radius 2 is 1.87 bits per heavy atom. The predicted octanol–water partition coefficient (Wildman–Crippen LogP) is 2.62. The largest absolute Gasteiger partial charge is 0.375 e. The molecule has 0 saturated carbocycles. The normalized spacial score (nSPS) is 9.67. The Labute approximate surface area is 98.4 Å². The van der Waals surface area contributed by atoms with E-state index >= 15 is 0 Å². The van der Waals surface area contributed by atoms with Crippen LogP contribution < -0.4 is 5.32 Å². The fraction of sp³-hybridized carbons (Fsp3) is 0.500. The average molecular weight is 230 g/mol. The Morgan fingerprint density at radius 1 is 1.13 bits per heavy atom. The summed E-state index contributed by atoms with van der Waals surface area (Å²) in [6, 6.07) is 10.3.